The molecule has 8 heteroatoms. The summed E-state index contributed by atoms with van der Waals surface area (Å²) in [7, 11) is 0. The van der Waals surface area contributed by atoms with Crippen molar-refractivity contribution in [1.82, 2.24) is 29.5 Å². The predicted molar refractivity (Wildman–Crippen MR) is 143 cm³/mol. The van der Waals surface area contributed by atoms with Crippen LogP contribution in [0.25, 0.3) is 27.8 Å². The average Bonchev–Trinajstić information content (AvgIpc) is 3.40. The Kier molecular flexibility index (Phi) is 6.08. The molecule has 1 saturated heterocycles. The van der Waals surface area contributed by atoms with Crippen molar-refractivity contribution in [1.29, 1.82) is 0 Å². The van der Waals surface area contributed by atoms with Crippen LogP contribution in [0.4, 0.5) is 0 Å². The zero-order valence-corrected chi connectivity index (χ0v) is 20.2. The van der Waals surface area contributed by atoms with E-state index in [2.05, 4.69) is 14.9 Å². The van der Waals surface area contributed by atoms with Crippen LogP contribution < -0.4 is 5.56 Å². The molecule has 0 saturated carbocycles. The highest BCUT2D eigenvalue weighted by atomic mass is 16.2. The number of nitrogens with one attached hydrogen (secondary N) is 1. The Morgan fingerprint density at radius 3 is 2.27 bits per heavy atom. The fourth-order valence-corrected chi connectivity index (χ4v) is 4.74. The van der Waals surface area contributed by atoms with Crippen LogP contribution in [-0.4, -0.2) is 61.6 Å². The number of amides is 1. The number of rotatable bonds is 5. The molecule has 0 radical (unpaired) electrons. The van der Waals surface area contributed by atoms with Crippen molar-refractivity contribution in [2.75, 3.05) is 26.2 Å². The second kappa shape index (κ2) is 9.83. The maximum Gasteiger partial charge on any atom is 0.272 e. The van der Waals surface area contributed by atoms with E-state index < -0.39 is 0 Å². The van der Waals surface area contributed by atoms with Crippen molar-refractivity contribution < 1.29 is 4.79 Å². The van der Waals surface area contributed by atoms with Gasteiger partial charge in [-0.3, -0.25) is 14.5 Å². The zero-order chi connectivity index (χ0) is 25.2. The number of carbonyl (C=O) groups excluding carboxylic acids is 1. The van der Waals surface area contributed by atoms with E-state index in [9.17, 15) is 9.59 Å². The fourth-order valence-electron chi connectivity index (χ4n) is 4.74. The Morgan fingerprint density at radius 2 is 1.51 bits per heavy atom. The van der Waals surface area contributed by atoms with E-state index in [4.69, 9.17) is 5.10 Å². The Morgan fingerprint density at radius 1 is 0.838 bits per heavy atom. The number of hydrogen-bond donors (Lipinski definition) is 1. The molecule has 1 N–H and O–H groups in total. The van der Waals surface area contributed by atoms with Crippen molar-refractivity contribution in [2.24, 2.45) is 0 Å². The van der Waals surface area contributed by atoms with E-state index in [0.717, 1.165) is 16.9 Å². The van der Waals surface area contributed by atoms with Crippen LogP contribution in [0.2, 0.25) is 0 Å². The number of aromatic nitrogens is 4. The van der Waals surface area contributed by atoms with Gasteiger partial charge in [0.1, 0.15) is 11.5 Å². The summed E-state index contributed by atoms with van der Waals surface area (Å²) >= 11 is 0. The third kappa shape index (κ3) is 4.66. The third-order valence-corrected chi connectivity index (χ3v) is 6.69. The molecule has 3 heterocycles. The van der Waals surface area contributed by atoms with Crippen molar-refractivity contribution in [3.8, 4) is 16.9 Å². The fraction of sp³-hybridized carbons (Fsp3) is 0.172. The summed E-state index contributed by atoms with van der Waals surface area (Å²) in [6, 6.07) is 28.8. The number of fused-ring (bicyclic) bond motifs is 1. The minimum Gasteiger partial charge on any atom is -0.335 e. The quantitative estimate of drug-likeness (QED) is 0.406. The van der Waals surface area contributed by atoms with Gasteiger partial charge in [-0.25, -0.2) is 9.67 Å². The molecule has 1 aliphatic heterocycles. The van der Waals surface area contributed by atoms with Crippen LogP contribution in [-0.2, 0) is 6.54 Å². The number of para-hydroxylation sites is 2. The highest BCUT2D eigenvalue weighted by molar-refractivity contribution is 5.94. The average molecular weight is 491 g/mol. The summed E-state index contributed by atoms with van der Waals surface area (Å²) in [5.74, 6) is 0.591. The number of piperazine rings is 1. The molecule has 0 aliphatic carbocycles. The monoisotopic (exact) mass is 490 g/mol. The van der Waals surface area contributed by atoms with Crippen molar-refractivity contribution in [3.63, 3.8) is 0 Å². The summed E-state index contributed by atoms with van der Waals surface area (Å²) in [5.41, 5.74) is 3.68. The number of aromatic amines is 1. The Bertz CT molecular complexity index is 1600. The molecular formula is C29H26N6O2. The molecule has 8 nitrogen and oxygen atoms in total. The molecule has 0 unspecified atom stereocenters. The minimum absolute atomic E-state index is 0.0459. The standard InChI is InChI=1S/C29H26N6O2/c36-28-23-13-7-8-14-24(23)30-27(31-28)20-33-15-17-34(18-16-33)29(37)26-19-25(21-9-3-1-4-10-21)32-35(26)22-11-5-2-6-12-22/h1-14,19H,15-18,20H2,(H,30,31,36). The van der Waals surface area contributed by atoms with Crippen LogP contribution in [0, 0.1) is 0 Å². The summed E-state index contributed by atoms with van der Waals surface area (Å²) < 4.78 is 1.74. The SMILES string of the molecule is O=C(c1cc(-c2ccccc2)nn1-c1ccccc1)N1CCN(Cc2nc3ccccc3c(=O)[nH]2)CC1. The first-order valence-corrected chi connectivity index (χ1v) is 12.4. The molecule has 37 heavy (non-hydrogen) atoms. The van der Waals surface area contributed by atoms with E-state index in [1.54, 1.807) is 10.7 Å². The molecule has 184 valence electrons. The number of benzene rings is 3. The van der Waals surface area contributed by atoms with Gasteiger partial charge in [-0.1, -0.05) is 60.7 Å². The van der Waals surface area contributed by atoms with Crippen LogP contribution in [0.5, 0.6) is 0 Å². The number of H-pyrrole nitrogens is 1. The summed E-state index contributed by atoms with van der Waals surface area (Å²) in [4.78, 5) is 37.7. The first-order valence-electron chi connectivity index (χ1n) is 12.4. The van der Waals surface area contributed by atoms with Gasteiger partial charge in [-0.2, -0.15) is 5.10 Å². The van der Waals surface area contributed by atoms with Gasteiger partial charge >= 0.3 is 0 Å². The van der Waals surface area contributed by atoms with Crippen molar-refractivity contribution >= 4 is 16.8 Å². The largest absolute Gasteiger partial charge is 0.335 e. The first-order chi connectivity index (χ1) is 18.2. The molecule has 0 bridgehead atoms. The maximum atomic E-state index is 13.7. The summed E-state index contributed by atoms with van der Waals surface area (Å²) in [6.07, 6.45) is 0. The minimum atomic E-state index is -0.127. The van der Waals surface area contributed by atoms with E-state index in [-0.39, 0.29) is 11.5 Å². The molecular weight excluding hydrogens is 464 g/mol. The van der Waals surface area contributed by atoms with Crippen LogP contribution in [0.1, 0.15) is 16.3 Å². The van der Waals surface area contributed by atoms with Crippen LogP contribution in [0.3, 0.4) is 0 Å². The smallest absolute Gasteiger partial charge is 0.272 e. The molecule has 2 aromatic heterocycles. The van der Waals surface area contributed by atoms with Gasteiger partial charge in [-0.15, -0.1) is 0 Å². The van der Waals surface area contributed by atoms with Gasteiger partial charge in [0.15, 0.2) is 0 Å². The molecule has 5 aromatic rings. The van der Waals surface area contributed by atoms with E-state index in [1.807, 2.05) is 89.8 Å². The van der Waals surface area contributed by atoms with Gasteiger partial charge < -0.3 is 9.88 Å². The lowest BCUT2D eigenvalue weighted by molar-refractivity contribution is 0.0616. The molecule has 0 spiro atoms. The van der Waals surface area contributed by atoms with E-state index in [1.165, 1.54) is 0 Å². The zero-order valence-electron chi connectivity index (χ0n) is 20.2. The van der Waals surface area contributed by atoms with Gasteiger partial charge in [0.2, 0.25) is 0 Å². The number of hydrogen-bond acceptors (Lipinski definition) is 5. The van der Waals surface area contributed by atoms with Gasteiger partial charge in [-0.05, 0) is 30.3 Å². The second-order valence-corrected chi connectivity index (χ2v) is 9.13. The molecule has 3 aromatic carbocycles. The third-order valence-electron chi connectivity index (χ3n) is 6.69. The molecule has 6 rings (SSSR count). The highest BCUT2D eigenvalue weighted by Crippen LogP contribution is 2.23. The molecule has 1 aliphatic rings. The lowest BCUT2D eigenvalue weighted by Gasteiger charge is -2.34. The molecule has 1 amide bonds. The summed E-state index contributed by atoms with van der Waals surface area (Å²) in [5, 5.41) is 5.38. The number of nitrogens with zero attached hydrogens (tertiary/aromatic N) is 5. The molecule has 0 atom stereocenters. The lowest BCUT2D eigenvalue weighted by atomic mass is 10.1. The lowest BCUT2D eigenvalue weighted by Crippen LogP contribution is -2.48. The van der Waals surface area contributed by atoms with Crippen LogP contribution in [0.15, 0.2) is 95.8 Å². The van der Waals surface area contributed by atoms with Crippen molar-refractivity contribution in [3.05, 3.63) is 113 Å². The van der Waals surface area contributed by atoms with E-state index >= 15 is 0 Å². The van der Waals surface area contributed by atoms with E-state index in [0.29, 0.717) is 55.1 Å². The number of carbonyl (C=O) groups is 1. The molecule has 1 fully saturated rings. The Hall–Kier alpha value is -4.56. The predicted octanol–water partition coefficient (Wildman–Crippen LogP) is 3.73. The second-order valence-electron chi connectivity index (χ2n) is 9.13. The Balaban J connectivity index is 1.20. The Labute approximate surface area is 213 Å². The summed E-state index contributed by atoms with van der Waals surface area (Å²) in [6.45, 7) is 3.07. The van der Waals surface area contributed by atoms with Gasteiger partial charge in [0, 0.05) is 31.7 Å². The highest BCUT2D eigenvalue weighted by Gasteiger charge is 2.26. The maximum absolute atomic E-state index is 13.7. The van der Waals surface area contributed by atoms with Gasteiger partial charge in [0.25, 0.3) is 11.5 Å². The van der Waals surface area contributed by atoms with Crippen LogP contribution >= 0.6 is 0 Å². The van der Waals surface area contributed by atoms with Crippen molar-refractivity contribution in [2.45, 2.75) is 6.54 Å². The normalized spacial score (nSPS) is 14.2. The first kappa shape index (κ1) is 22.9. The van der Waals surface area contributed by atoms with Gasteiger partial charge in [0.05, 0.1) is 28.8 Å². The topological polar surface area (TPSA) is 87.1 Å².